The van der Waals surface area contributed by atoms with Gasteiger partial charge in [-0.05, 0) is 42.5 Å². The summed E-state index contributed by atoms with van der Waals surface area (Å²) in [6, 6.07) is 5.33. The van der Waals surface area contributed by atoms with Crippen LogP contribution < -0.4 is 10.1 Å². The van der Waals surface area contributed by atoms with Crippen molar-refractivity contribution in [1.29, 1.82) is 5.41 Å². The van der Waals surface area contributed by atoms with Gasteiger partial charge in [0.25, 0.3) is 0 Å². The van der Waals surface area contributed by atoms with Crippen LogP contribution in [0.15, 0.2) is 29.7 Å². The maximum atomic E-state index is 12.4. The van der Waals surface area contributed by atoms with Gasteiger partial charge in [0.15, 0.2) is 11.5 Å². The summed E-state index contributed by atoms with van der Waals surface area (Å²) in [5.74, 6) is 0.639. The number of hydrogen-bond acceptors (Lipinski definition) is 8. The van der Waals surface area contributed by atoms with Gasteiger partial charge in [0.1, 0.15) is 11.4 Å². The molecule has 2 N–H and O–H groups in total. The standard InChI is InChI=1S/C25H37N3O5S/c1-4-5-12-32-20-7-6-19(16-34(30)31)21(13-20)22-15-28(11-10-27-22)23(14-26)24(18(2)29)33-17-25(3)8-9-25/h6-7,13-14,22,26-27H,4-5,8-12,15-17H2,1-3H3,(H,30,31)/p-1. The highest BCUT2D eigenvalue weighted by Crippen LogP contribution is 2.45. The van der Waals surface area contributed by atoms with Crippen LogP contribution in [-0.2, 0) is 26.4 Å². The molecule has 1 aromatic carbocycles. The van der Waals surface area contributed by atoms with Gasteiger partial charge >= 0.3 is 0 Å². The first-order valence-corrected chi connectivity index (χ1v) is 13.2. The molecule has 2 atom stereocenters. The average molecular weight is 491 g/mol. The number of nitrogens with zero attached hydrogens (tertiary/aromatic N) is 1. The second kappa shape index (κ2) is 12.0. The van der Waals surface area contributed by atoms with Crippen molar-refractivity contribution in [2.45, 2.75) is 58.2 Å². The Kier molecular flexibility index (Phi) is 9.27. The maximum absolute atomic E-state index is 12.4. The third kappa shape index (κ3) is 7.13. The number of carbonyl (C=O) groups is 1. The van der Waals surface area contributed by atoms with Crippen LogP contribution in [0, 0.1) is 10.8 Å². The van der Waals surface area contributed by atoms with E-state index in [4.69, 9.17) is 14.9 Å². The van der Waals surface area contributed by atoms with E-state index in [0.717, 1.165) is 31.2 Å². The number of ether oxygens (including phenoxy) is 2. The molecule has 2 aliphatic rings. The number of unbranched alkanes of at least 4 members (excludes halogenated alkanes) is 1. The lowest BCUT2D eigenvalue weighted by Crippen LogP contribution is -2.46. The zero-order valence-corrected chi connectivity index (χ0v) is 21.2. The zero-order valence-electron chi connectivity index (χ0n) is 20.4. The van der Waals surface area contributed by atoms with Gasteiger partial charge in [0, 0.05) is 43.9 Å². The summed E-state index contributed by atoms with van der Waals surface area (Å²) in [4.78, 5) is 14.4. The Morgan fingerprint density at radius 2 is 2.18 bits per heavy atom. The van der Waals surface area contributed by atoms with Gasteiger partial charge in [-0.2, -0.15) is 0 Å². The number of Topliss-reactive ketones (excluding diaryl/α,β-unsaturated/α-hetero) is 1. The van der Waals surface area contributed by atoms with E-state index >= 15 is 0 Å². The van der Waals surface area contributed by atoms with E-state index in [1.165, 1.54) is 13.1 Å². The summed E-state index contributed by atoms with van der Waals surface area (Å²) >= 11 is -2.23. The molecule has 2 fully saturated rings. The molecular formula is C25H36N3O5S-. The first-order valence-electron chi connectivity index (χ1n) is 11.9. The fourth-order valence-corrected chi connectivity index (χ4v) is 4.53. The van der Waals surface area contributed by atoms with Gasteiger partial charge in [0.2, 0.25) is 0 Å². The Bertz CT molecular complexity index is 944. The Morgan fingerprint density at radius 1 is 1.41 bits per heavy atom. The molecule has 0 bridgehead atoms. The summed E-state index contributed by atoms with van der Waals surface area (Å²) in [6.45, 7) is 8.45. The maximum Gasteiger partial charge on any atom is 0.196 e. The van der Waals surface area contributed by atoms with E-state index < -0.39 is 11.1 Å². The van der Waals surface area contributed by atoms with Crippen LogP contribution in [0.5, 0.6) is 5.75 Å². The van der Waals surface area contributed by atoms with Crippen molar-refractivity contribution < 1.29 is 23.0 Å². The van der Waals surface area contributed by atoms with E-state index in [2.05, 4.69) is 19.2 Å². The Labute approximate surface area is 204 Å². The lowest BCUT2D eigenvalue weighted by atomic mass is 9.98. The van der Waals surface area contributed by atoms with Gasteiger partial charge in [-0.15, -0.1) is 0 Å². The third-order valence-corrected chi connectivity index (χ3v) is 6.95. The van der Waals surface area contributed by atoms with Gasteiger partial charge in [0.05, 0.1) is 19.3 Å². The lowest BCUT2D eigenvalue weighted by Gasteiger charge is -2.37. The quantitative estimate of drug-likeness (QED) is 0.143. The molecule has 8 nitrogen and oxygen atoms in total. The summed E-state index contributed by atoms with van der Waals surface area (Å²) in [6.07, 6.45) is 5.31. The number of benzene rings is 1. The van der Waals surface area contributed by atoms with Crippen LogP contribution in [0.1, 0.15) is 63.6 Å². The third-order valence-electron chi connectivity index (χ3n) is 6.41. The number of piperazine rings is 1. The zero-order chi connectivity index (χ0) is 24.7. The Morgan fingerprint density at radius 3 is 2.79 bits per heavy atom. The molecule has 2 unspecified atom stereocenters. The molecule has 0 amide bonds. The summed E-state index contributed by atoms with van der Waals surface area (Å²) in [5.41, 5.74) is 2.14. The number of nitrogens with one attached hydrogen (secondary N) is 2. The summed E-state index contributed by atoms with van der Waals surface area (Å²) in [5, 5.41) is 11.5. The predicted octanol–water partition coefficient (Wildman–Crippen LogP) is 3.46. The van der Waals surface area contributed by atoms with Crippen molar-refractivity contribution >= 4 is 23.1 Å². The highest BCUT2D eigenvalue weighted by molar-refractivity contribution is 7.78. The van der Waals surface area contributed by atoms with Crippen molar-refractivity contribution in [2.24, 2.45) is 5.41 Å². The highest BCUT2D eigenvalue weighted by atomic mass is 32.2. The minimum Gasteiger partial charge on any atom is -0.772 e. The predicted molar refractivity (Wildman–Crippen MR) is 132 cm³/mol. The number of rotatable bonds is 13. The molecule has 0 aromatic heterocycles. The van der Waals surface area contributed by atoms with Gasteiger partial charge in [-0.25, -0.2) is 0 Å². The Hall–Kier alpha value is -2.23. The minimum atomic E-state index is -2.23. The SMILES string of the molecule is CCCCOc1ccc(CS(=O)[O-])c(C2CN(C(C=N)=C(OCC3(C)CC3)C(C)=O)CCN2)c1. The molecular weight excluding hydrogens is 454 g/mol. The van der Waals surface area contributed by atoms with Crippen molar-refractivity contribution in [3.8, 4) is 5.75 Å². The van der Waals surface area contributed by atoms with Crippen molar-refractivity contribution in [3.05, 3.63) is 40.8 Å². The van der Waals surface area contributed by atoms with Gasteiger partial charge in [-0.3, -0.25) is 9.00 Å². The smallest absolute Gasteiger partial charge is 0.196 e. The van der Waals surface area contributed by atoms with Gasteiger partial charge in [-0.1, -0.05) is 37.4 Å². The normalized spacial score (nSPS) is 20.8. The van der Waals surface area contributed by atoms with E-state index in [1.807, 2.05) is 17.0 Å². The molecule has 1 heterocycles. The van der Waals surface area contributed by atoms with Crippen molar-refractivity contribution in [1.82, 2.24) is 10.2 Å². The summed E-state index contributed by atoms with van der Waals surface area (Å²) in [7, 11) is 0. The molecule has 188 valence electrons. The van der Waals surface area contributed by atoms with Gasteiger partial charge < -0.3 is 29.7 Å². The molecule has 1 aliphatic heterocycles. The van der Waals surface area contributed by atoms with E-state index in [9.17, 15) is 13.6 Å². The highest BCUT2D eigenvalue weighted by Gasteiger charge is 2.39. The second-order valence-corrected chi connectivity index (χ2v) is 10.4. The molecule has 3 rings (SSSR count). The van der Waals surface area contributed by atoms with E-state index in [-0.39, 0.29) is 28.8 Å². The second-order valence-electron chi connectivity index (χ2n) is 9.48. The fraction of sp³-hybridized carbons (Fsp3) is 0.600. The van der Waals surface area contributed by atoms with E-state index in [1.54, 1.807) is 6.07 Å². The first-order chi connectivity index (χ1) is 16.3. The molecule has 34 heavy (non-hydrogen) atoms. The van der Waals surface area contributed by atoms with Crippen LogP contribution in [0.25, 0.3) is 0 Å². The monoisotopic (exact) mass is 490 g/mol. The van der Waals surface area contributed by atoms with Crippen molar-refractivity contribution in [3.63, 3.8) is 0 Å². The molecule has 1 aliphatic carbocycles. The number of hydrogen-bond donors (Lipinski definition) is 2. The largest absolute Gasteiger partial charge is 0.772 e. The van der Waals surface area contributed by atoms with Crippen LogP contribution in [-0.4, -0.2) is 58.5 Å². The molecule has 9 heteroatoms. The fourth-order valence-electron chi connectivity index (χ4n) is 4.02. The molecule has 1 saturated heterocycles. The van der Waals surface area contributed by atoms with Crippen LogP contribution in [0.4, 0.5) is 0 Å². The van der Waals surface area contributed by atoms with Crippen LogP contribution in [0.3, 0.4) is 0 Å². The van der Waals surface area contributed by atoms with Crippen molar-refractivity contribution in [2.75, 3.05) is 32.8 Å². The molecule has 0 spiro atoms. The topological polar surface area (TPSA) is 115 Å². The average Bonchev–Trinajstić information content (AvgIpc) is 3.54. The first kappa shape index (κ1) is 26.4. The van der Waals surface area contributed by atoms with Crippen LogP contribution >= 0.6 is 0 Å². The number of carbonyl (C=O) groups excluding carboxylic acids is 1. The van der Waals surface area contributed by atoms with Crippen LogP contribution in [0.2, 0.25) is 0 Å². The molecule has 0 radical (unpaired) electrons. The minimum absolute atomic E-state index is 0.0869. The number of allylic oxidation sites excluding steroid dienone is 2. The summed E-state index contributed by atoms with van der Waals surface area (Å²) < 4.78 is 34.8. The van der Waals surface area contributed by atoms with E-state index in [0.29, 0.717) is 49.9 Å². The molecule has 1 saturated carbocycles. The lowest BCUT2D eigenvalue weighted by molar-refractivity contribution is -0.117. The Balaban J connectivity index is 1.86. The number of ketones is 1. The molecule has 1 aromatic rings.